The van der Waals surface area contributed by atoms with Crippen LogP contribution in [0.2, 0.25) is 0 Å². The quantitative estimate of drug-likeness (QED) is 0.666. The van der Waals surface area contributed by atoms with Crippen molar-refractivity contribution in [3.63, 3.8) is 0 Å². The molecule has 0 aliphatic heterocycles. The van der Waals surface area contributed by atoms with E-state index >= 15 is 0 Å². The second kappa shape index (κ2) is 5.62. The van der Waals surface area contributed by atoms with Crippen molar-refractivity contribution < 1.29 is 10.2 Å². The molecule has 0 aliphatic carbocycles. The van der Waals surface area contributed by atoms with Crippen LogP contribution in [0.1, 0.15) is 24.9 Å². The summed E-state index contributed by atoms with van der Waals surface area (Å²) in [4.78, 5) is 0. The average molecular weight is 195 g/mol. The van der Waals surface area contributed by atoms with Gasteiger partial charge in [0.1, 0.15) is 5.75 Å². The molecule has 0 fully saturated rings. The zero-order valence-electron chi connectivity index (χ0n) is 8.40. The lowest BCUT2D eigenvalue weighted by molar-refractivity contribution is 0.283. The standard InChI is InChI=1S/C11H17NO2/c1-2-11(12-7-8-13)9-3-5-10(14)6-4-9/h3-6,11-14H,2,7-8H2,1H3. The van der Waals surface area contributed by atoms with Crippen LogP contribution in [0.15, 0.2) is 24.3 Å². The molecule has 3 heteroatoms. The molecule has 1 aromatic carbocycles. The van der Waals surface area contributed by atoms with Crippen LogP contribution in [0.25, 0.3) is 0 Å². The van der Waals surface area contributed by atoms with Crippen LogP contribution in [0.3, 0.4) is 0 Å². The maximum absolute atomic E-state index is 9.13. The molecule has 0 amide bonds. The third kappa shape index (κ3) is 3.01. The number of phenols is 1. The predicted molar refractivity (Wildman–Crippen MR) is 56.2 cm³/mol. The summed E-state index contributed by atoms with van der Waals surface area (Å²) in [6.45, 7) is 2.83. The molecular formula is C11H17NO2. The van der Waals surface area contributed by atoms with Gasteiger partial charge >= 0.3 is 0 Å². The van der Waals surface area contributed by atoms with Gasteiger partial charge in [-0.05, 0) is 24.1 Å². The molecule has 1 aromatic rings. The van der Waals surface area contributed by atoms with Gasteiger partial charge < -0.3 is 15.5 Å². The number of aromatic hydroxyl groups is 1. The first-order chi connectivity index (χ1) is 6.77. The van der Waals surface area contributed by atoms with Crippen molar-refractivity contribution in [3.8, 4) is 5.75 Å². The minimum Gasteiger partial charge on any atom is -0.508 e. The van der Waals surface area contributed by atoms with Crippen LogP contribution >= 0.6 is 0 Å². The van der Waals surface area contributed by atoms with Crippen LogP contribution in [-0.2, 0) is 0 Å². The third-order valence-corrected chi connectivity index (χ3v) is 2.21. The smallest absolute Gasteiger partial charge is 0.115 e. The van der Waals surface area contributed by atoms with E-state index < -0.39 is 0 Å². The molecule has 0 bridgehead atoms. The minimum atomic E-state index is 0.147. The number of aliphatic hydroxyl groups is 1. The van der Waals surface area contributed by atoms with Gasteiger partial charge in [-0.3, -0.25) is 0 Å². The molecule has 1 atom stereocenters. The first-order valence-electron chi connectivity index (χ1n) is 4.91. The second-order valence-corrected chi connectivity index (χ2v) is 3.23. The number of hydrogen-bond donors (Lipinski definition) is 3. The van der Waals surface area contributed by atoms with Crippen LogP contribution in [0, 0.1) is 0 Å². The van der Waals surface area contributed by atoms with Gasteiger partial charge in [0, 0.05) is 12.6 Å². The number of hydrogen-bond acceptors (Lipinski definition) is 3. The highest BCUT2D eigenvalue weighted by Crippen LogP contribution is 2.18. The summed E-state index contributed by atoms with van der Waals surface area (Å²) in [6.07, 6.45) is 0.963. The molecule has 0 aliphatic rings. The van der Waals surface area contributed by atoms with Crippen molar-refractivity contribution in [2.24, 2.45) is 0 Å². The number of benzene rings is 1. The third-order valence-electron chi connectivity index (χ3n) is 2.21. The Kier molecular flexibility index (Phi) is 4.43. The molecule has 0 saturated carbocycles. The molecule has 0 heterocycles. The molecule has 78 valence electrons. The second-order valence-electron chi connectivity index (χ2n) is 3.23. The molecule has 0 saturated heterocycles. The topological polar surface area (TPSA) is 52.5 Å². The SMILES string of the molecule is CCC(NCCO)c1ccc(O)cc1. The lowest BCUT2D eigenvalue weighted by Gasteiger charge is -2.16. The first kappa shape index (κ1) is 11.0. The van der Waals surface area contributed by atoms with Gasteiger partial charge in [-0.2, -0.15) is 0 Å². The minimum absolute atomic E-state index is 0.147. The van der Waals surface area contributed by atoms with E-state index in [4.69, 9.17) is 10.2 Å². The fourth-order valence-corrected chi connectivity index (χ4v) is 1.44. The number of rotatable bonds is 5. The molecule has 14 heavy (non-hydrogen) atoms. The maximum atomic E-state index is 9.13. The Morgan fingerprint density at radius 1 is 1.29 bits per heavy atom. The monoisotopic (exact) mass is 195 g/mol. The van der Waals surface area contributed by atoms with Crippen molar-refractivity contribution in [1.29, 1.82) is 0 Å². The zero-order valence-corrected chi connectivity index (χ0v) is 8.40. The summed E-state index contributed by atoms with van der Waals surface area (Å²) < 4.78 is 0. The van der Waals surface area contributed by atoms with Gasteiger partial charge in [0.15, 0.2) is 0 Å². The highest BCUT2D eigenvalue weighted by molar-refractivity contribution is 5.27. The van der Waals surface area contributed by atoms with E-state index in [0.29, 0.717) is 6.54 Å². The van der Waals surface area contributed by atoms with Crippen molar-refractivity contribution in [1.82, 2.24) is 5.32 Å². The largest absolute Gasteiger partial charge is 0.508 e. The summed E-state index contributed by atoms with van der Waals surface area (Å²) in [5.74, 6) is 0.283. The van der Waals surface area contributed by atoms with Crippen molar-refractivity contribution in [3.05, 3.63) is 29.8 Å². The van der Waals surface area contributed by atoms with E-state index in [0.717, 1.165) is 12.0 Å². The van der Waals surface area contributed by atoms with E-state index in [1.54, 1.807) is 12.1 Å². The van der Waals surface area contributed by atoms with Gasteiger partial charge in [0.05, 0.1) is 6.61 Å². The van der Waals surface area contributed by atoms with E-state index in [1.807, 2.05) is 12.1 Å². The number of phenolic OH excluding ortho intramolecular Hbond substituents is 1. The predicted octanol–water partition coefficient (Wildman–Crippen LogP) is 1.43. The number of nitrogens with one attached hydrogen (secondary N) is 1. The molecular weight excluding hydrogens is 178 g/mol. The van der Waals surface area contributed by atoms with Gasteiger partial charge in [-0.1, -0.05) is 19.1 Å². The molecule has 1 unspecified atom stereocenters. The van der Waals surface area contributed by atoms with Gasteiger partial charge in [0.2, 0.25) is 0 Å². The first-order valence-corrected chi connectivity index (χ1v) is 4.91. The Morgan fingerprint density at radius 3 is 2.43 bits per heavy atom. The van der Waals surface area contributed by atoms with Crippen LogP contribution in [-0.4, -0.2) is 23.4 Å². The fraction of sp³-hybridized carbons (Fsp3) is 0.455. The molecule has 3 N–H and O–H groups in total. The van der Waals surface area contributed by atoms with Crippen molar-refractivity contribution in [2.45, 2.75) is 19.4 Å². The van der Waals surface area contributed by atoms with E-state index in [1.165, 1.54) is 0 Å². The Morgan fingerprint density at radius 2 is 1.93 bits per heavy atom. The van der Waals surface area contributed by atoms with Crippen LogP contribution in [0.4, 0.5) is 0 Å². The summed E-state index contributed by atoms with van der Waals surface area (Å²) in [7, 11) is 0. The van der Waals surface area contributed by atoms with E-state index in [9.17, 15) is 0 Å². The highest BCUT2D eigenvalue weighted by Gasteiger charge is 2.07. The lowest BCUT2D eigenvalue weighted by Crippen LogP contribution is -2.23. The Balaban J connectivity index is 2.64. The Hall–Kier alpha value is -1.06. The lowest BCUT2D eigenvalue weighted by atomic mass is 10.0. The molecule has 0 radical (unpaired) electrons. The highest BCUT2D eigenvalue weighted by atomic mass is 16.3. The zero-order chi connectivity index (χ0) is 10.4. The van der Waals surface area contributed by atoms with E-state index in [-0.39, 0.29) is 18.4 Å². The summed E-state index contributed by atoms with van der Waals surface area (Å²) >= 11 is 0. The molecule has 3 nitrogen and oxygen atoms in total. The summed E-state index contributed by atoms with van der Waals surface area (Å²) in [5.41, 5.74) is 1.14. The summed E-state index contributed by atoms with van der Waals surface area (Å²) in [5, 5.41) is 21.0. The van der Waals surface area contributed by atoms with Crippen LogP contribution < -0.4 is 5.32 Å². The van der Waals surface area contributed by atoms with Gasteiger partial charge in [0.25, 0.3) is 0 Å². The van der Waals surface area contributed by atoms with Gasteiger partial charge in [-0.25, -0.2) is 0 Å². The Labute approximate surface area is 84.4 Å². The van der Waals surface area contributed by atoms with E-state index in [2.05, 4.69) is 12.2 Å². The van der Waals surface area contributed by atoms with Crippen LogP contribution in [0.5, 0.6) is 5.75 Å². The fourth-order valence-electron chi connectivity index (χ4n) is 1.44. The Bertz CT molecular complexity index is 258. The van der Waals surface area contributed by atoms with Gasteiger partial charge in [-0.15, -0.1) is 0 Å². The molecule has 0 spiro atoms. The number of aliphatic hydroxyl groups excluding tert-OH is 1. The molecule has 1 rings (SSSR count). The normalized spacial score (nSPS) is 12.7. The van der Waals surface area contributed by atoms with Crippen molar-refractivity contribution in [2.75, 3.05) is 13.2 Å². The average Bonchev–Trinajstić information content (AvgIpc) is 2.21. The van der Waals surface area contributed by atoms with Crippen molar-refractivity contribution >= 4 is 0 Å². The maximum Gasteiger partial charge on any atom is 0.115 e. The summed E-state index contributed by atoms with van der Waals surface area (Å²) in [6, 6.07) is 7.40. The molecule has 0 aromatic heterocycles.